The number of hydrogen-bond acceptors (Lipinski definition) is 3. The Morgan fingerprint density at radius 3 is 2.65 bits per heavy atom. The van der Waals surface area contributed by atoms with Gasteiger partial charge in [-0.3, -0.25) is 9.59 Å². The molecule has 1 aliphatic heterocycles. The van der Waals surface area contributed by atoms with Crippen molar-refractivity contribution in [3.05, 3.63) is 69.5 Å². The number of fused-ring (bicyclic) bond motifs is 1. The summed E-state index contributed by atoms with van der Waals surface area (Å²) < 4.78 is 41.3. The highest BCUT2D eigenvalue weighted by Crippen LogP contribution is 2.38. The number of carbonyl (C=O) groups is 1. The molecule has 1 amide bonds. The molecule has 1 fully saturated rings. The molecule has 0 spiro atoms. The van der Waals surface area contributed by atoms with Crippen LogP contribution in [0.5, 0.6) is 0 Å². The van der Waals surface area contributed by atoms with E-state index in [0.29, 0.717) is 23.1 Å². The van der Waals surface area contributed by atoms with Crippen molar-refractivity contribution in [3.8, 4) is 0 Å². The molecule has 2 aromatic carbocycles. The maximum Gasteiger partial charge on any atom is 0.418 e. The van der Waals surface area contributed by atoms with Crippen LogP contribution in [-0.4, -0.2) is 23.5 Å². The molecule has 2 N–H and O–H groups in total. The summed E-state index contributed by atoms with van der Waals surface area (Å²) in [7, 11) is 0. The summed E-state index contributed by atoms with van der Waals surface area (Å²) in [5.74, 6) is -0.891. The summed E-state index contributed by atoms with van der Waals surface area (Å²) in [6, 6.07) is 9.20. The lowest BCUT2D eigenvalue weighted by Gasteiger charge is -2.25. The molecule has 31 heavy (non-hydrogen) atoms. The maximum atomic E-state index is 13.8. The second kappa shape index (κ2) is 7.76. The highest BCUT2D eigenvalue weighted by Gasteiger charge is 2.35. The molecule has 1 unspecified atom stereocenters. The number of carbonyl (C=O) groups excluding carboxylic acids is 1. The average Bonchev–Trinajstić information content (AvgIpc) is 3.14. The zero-order valence-electron chi connectivity index (χ0n) is 17.1. The standard InChI is InChI=1S/C23H22F3N3O2/c1-13-5-7-19-16(10-13)21(30)17(12-27-19)22(31)28-20-8-6-15(11-18(20)23(24,25)26)29-9-3-4-14(29)2/h5-8,10-12,14H,3-4,9H2,1-2H3,(H,27,30)(H,28,31). The number of aromatic amines is 1. The molecule has 4 rings (SSSR count). The SMILES string of the molecule is Cc1ccc2[nH]cc(C(=O)Nc3ccc(N4CCCC4C)cc3C(F)(F)F)c(=O)c2c1. The number of alkyl halides is 3. The molecule has 1 aliphatic rings. The first kappa shape index (κ1) is 21.0. The molecule has 8 heteroatoms. The number of anilines is 2. The zero-order valence-corrected chi connectivity index (χ0v) is 17.1. The van der Waals surface area contributed by atoms with E-state index < -0.39 is 23.1 Å². The first-order valence-corrected chi connectivity index (χ1v) is 10.1. The van der Waals surface area contributed by atoms with Crippen molar-refractivity contribution in [2.45, 2.75) is 38.9 Å². The topological polar surface area (TPSA) is 65.2 Å². The average molecular weight is 429 g/mol. The van der Waals surface area contributed by atoms with Crippen LogP contribution in [0.25, 0.3) is 10.9 Å². The third-order valence-electron chi connectivity index (χ3n) is 5.72. The van der Waals surface area contributed by atoms with E-state index >= 15 is 0 Å². The van der Waals surface area contributed by atoms with Crippen molar-refractivity contribution in [1.29, 1.82) is 0 Å². The number of benzene rings is 2. The van der Waals surface area contributed by atoms with Crippen LogP contribution in [0.2, 0.25) is 0 Å². The molecule has 1 saturated heterocycles. The highest BCUT2D eigenvalue weighted by molar-refractivity contribution is 6.06. The number of aryl methyl sites for hydroxylation is 1. The van der Waals surface area contributed by atoms with Gasteiger partial charge in [0.15, 0.2) is 0 Å². The lowest BCUT2D eigenvalue weighted by Crippen LogP contribution is -2.27. The Morgan fingerprint density at radius 2 is 1.97 bits per heavy atom. The van der Waals surface area contributed by atoms with Crippen molar-refractivity contribution in [2.75, 3.05) is 16.8 Å². The highest BCUT2D eigenvalue weighted by atomic mass is 19.4. The third-order valence-corrected chi connectivity index (χ3v) is 5.72. The van der Waals surface area contributed by atoms with Crippen LogP contribution in [0, 0.1) is 6.92 Å². The number of nitrogens with zero attached hydrogens (tertiary/aromatic N) is 1. The van der Waals surface area contributed by atoms with E-state index in [9.17, 15) is 22.8 Å². The van der Waals surface area contributed by atoms with Gasteiger partial charge in [0, 0.05) is 35.4 Å². The fourth-order valence-corrected chi connectivity index (χ4v) is 4.06. The van der Waals surface area contributed by atoms with E-state index in [4.69, 9.17) is 0 Å². The molecule has 2 heterocycles. The lowest BCUT2D eigenvalue weighted by molar-refractivity contribution is -0.136. The van der Waals surface area contributed by atoms with Crippen LogP contribution in [0.15, 0.2) is 47.4 Å². The first-order chi connectivity index (χ1) is 14.6. The molecule has 0 radical (unpaired) electrons. The minimum absolute atomic E-state index is 0.154. The van der Waals surface area contributed by atoms with Crippen LogP contribution in [0.3, 0.4) is 0 Å². The van der Waals surface area contributed by atoms with E-state index in [1.807, 2.05) is 24.8 Å². The fraction of sp³-hybridized carbons (Fsp3) is 0.304. The Balaban J connectivity index is 1.70. The Labute approximate surface area is 176 Å². The summed E-state index contributed by atoms with van der Waals surface area (Å²) in [6.07, 6.45) is -1.59. The molecule has 5 nitrogen and oxygen atoms in total. The first-order valence-electron chi connectivity index (χ1n) is 10.1. The van der Waals surface area contributed by atoms with Gasteiger partial charge in [0.2, 0.25) is 5.43 Å². The lowest BCUT2D eigenvalue weighted by atomic mass is 10.1. The smallest absolute Gasteiger partial charge is 0.369 e. The number of pyridine rings is 1. The van der Waals surface area contributed by atoms with E-state index in [0.717, 1.165) is 24.5 Å². The van der Waals surface area contributed by atoms with Gasteiger partial charge in [-0.1, -0.05) is 11.6 Å². The zero-order chi connectivity index (χ0) is 22.3. The number of hydrogen-bond donors (Lipinski definition) is 2. The number of H-pyrrole nitrogens is 1. The van der Waals surface area contributed by atoms with Gasteiger partial charge >= 0.3 is 6.18 Å². The molecule has 1 atom stereocenters. The minimum atomic E-state index is -4.66. The number of rotatable bonds is 3. The third kappa shape index (κ3) is 4.02. The second-order valence-corrected chi connectivity index (χ2v) is 7.95. The van der Waals surface area contributed by atoms with Crippen molar-refractivity contribution in [1.82, 2.24) is 4.98 Å². The predicted molar refractivity (Wildman–Crippen MR) is 115 cm³/mol. The number of nitrogens with one attached hydrogen (secondary N) is 2. The molecular weight excluding hydrogens is 407 g/mol. The van der Waals surface area contributed by atoms with Gasteiger partial charge in [-0.25, -0.2) is 0 Å². The van der Waals surface area contributed by atoms with Gasteiger partial charge in [-0.05, 0) is 57.0 Å². The Kier molecular flexibility index (Phi) is 5.24. The molecule has 162 valence electrons. The molecule has 0 saturated carbocycles. The van der Waals surface area contributed by atoms with Gasteiger partial charge < -0.3 is 15.2 Å². The minimum Gasteiger partial charge on any atom is -0.369 e. The maximum absolute atomic E-state index is 13.8. The van der Waals surface area contributed by atoms with Crippen LogP contribution in [-0.2, 0) is 6.18 Å². The molecule has 1 aromatic heterocycles. The van der Waals surface area contributed by atoms with Crippen molar-refractivity contribution < 1.29 is 18.0 Å². The fourth-order valence-electron chi connectivity index (χ4n) is 4.06. The van der Waals surface area contributed by atoms with Gasteiger partial charge in [-0.15, -0.1) is 0 Å². The van der Waals surface area contributed by atoms with Crippen LogP contribution in [0.4, 0.5) is 24.5 Å². The van der Waals surface area contributed by atoms with Crippen LogP contribution in [0.1, 0.15) is 41.3 Å². The second-order valence-electron chi connectivity index (χ2n) is 7.95. The number of aromatic nitrogens is 1. The summed E-state index contributed by atoms with van der Waals surface area (Å²) in [4.78, 5) is 30.3. The molecule has 0 bridgehead atoms. The van der Waals surface area contributed by atoms with Gasteiger partial charge in [0.1, 0.15) is 5.56 Å². The monoisotopic (exact) mass is 429 g/mol. The Hall–Kier alpha value is -3.29. The van der Waals surface area contributed by atoms with Crippen LogP contribution >= 0.6 is 0 Å². The van der Waals surface area contributed by atoms with Crippen molar-refractivity contribution in [3.63, 3.8) is 0 Å². The van der Waals surface area contributed by atoms with E-state index in [2.05, 4.69) is 10.3 Å². The molecular formula is C23H22F3N3O2. The Bertz CT molecular complexity index is 1220. The van der Waals surface area contributed by atoms with Crippen LogP contribution < -0.4 is 15.6 Å². The quantitative estimate of drug-likeness (QED) is 0.609. The number of halogens is 3. The summed E-state index contributed by atoms with van der Waals surface area (Å²) >= 11 is 0. The largest absolute Gasteiger partial charge is 0.418 e. The van der Waals surface area contributed by atoms with Gasteiger partial charge in [0.25, 0.3) is 5.91 Å². The van der Waals surface area contributed by atoms with E-state index in [1.165, 1.54) is 12.3 Å². The van der Waals surface area contributed by atoms with E-state index in [-0.39, 0.29) is 17.3 Å². The summed E-state index contributed by atoms with van der Waals surface area (Å²) in [6.45, 7) is 4.48. The van der Waals surface area contributed by atoms with Crippen molar-refractivity contribution in [2.24, 2.45) is 0 Å². The summed E-state index contributed by atoms with van der Waals surface area (Å²) in [5, 5.41) is 2.59. The van der Waals surface area contributed by atoms with E-state index in [1.54, 1.807) is 18.2 Å². The summed E-state index contributed by atoms with van der Waals surface area (Å²) in [5.41, 5.74) is -0.250. The molecule has 3 aromatic rings. The predicted octanol–water partition coefficient (Wildman–Crippen LogP) is 5.10. The Morgan fingerprint density at radius 1 is 1.19 bits per heavy atom. The number of amides is 1. The normalized spacial score (nSPS) is 16.7. The van der Waals surface area contributed by atoms with Gasteiger partial charge in [-0.2, -0.15) is 13.2 Å². The molecule has 0 aliphatic carbocycles. The van der Waals surface area contributed by atoms with Crippen molar-refractivity contribution >= 4 is 28.2 Å². The van der Waals surface area contributed by atoms with Gasteiger partial charge in [0.05, 0.1) is 11.3 Å².